The summed E-state index contributed by atoms with van der Waals surface area (Å²) in [6.45, 7) is 11.2. The van der Waals surface area contributed by atoms with Crippen molar-refractivity contribution in [1.82, 2.24) is 10.6 Å². The van der Waals surface area contributed by atoms with Crippen molar-refractivity contribution in [2.45, 2.75) is 40.0 Å². The second kappa shape index (κ2) is 14.6. The third-order valence-corrected chi connectivity index (χ3v) is 2.78. The van der Waals surface area contributed by atoms with Crippen LogP contribution in [-0.2, 0) is 9.47 Å². The molecule has 0 heterocycles. The van der Waals surface area contributed by atoms with Gasteiger partial charge >= 0.3 is 0 Å². The van der Waals surface area contributed by atoms with Gasteiger partial charge in [0, 0.05) is 33.4 Å². The monoisotopic (exact) mass is 287 g/mol. The molecule has 0 aliphatic carbocycles. The van der Waals surface area contributed by atoms with Crippen LogP contribution in [-0.4, -0.2) is 52.5 Å². The maximum atomic E-state index is 5.54. The van der Waals surface area contributed by atoms with Gasteiger partial charge in [0.2, 0.25) is 0 Å². The van der Waals surface area contributed by atoms with Crippen molar-refractivity contribution in [3.8, 4) is 0 Å². The molecule has 0 atom stereocenters. The van der Waals surface area contributed by atoms with Crippen LogP contribution in [0.25, 0.3) is 0 Å². The molecule has 0 unspecified atom stereocenters. The van der Waals surface area contributed by atoms with Crippen molar-refractivity contribution in [2.75, 3.05) is 46.6 Å². The summed E-state index contributed by atoms with van der Waals surface area (Å²) >= 11 is 0. The van der Waals surface area contributed by atoms with Crippen molar-refractivity contribution in [2.24, 2.45) is 10.9 Å². The van der Waals surface area contributed by atoms with Gasteiger partial charge in [-0.3, -0.25) is 4.99 Å². The molecule has 5 heteroatoms. The summed E-state index contributed by atoms with van der Waals surface area (Å²) in [5.41, 5.74) is 0. The van der Waals surface area contributed by atoms with Crippen molar-refractivity contribution in [3.63, 3.8) is 0 Å². The van der Waals surface area contributed by atoms with Gasteiger partial charge in [0.05, 0.1) is 13.2 Å². The van der Waals surface area contributed by atoms with E-state index in [9.17, 15) is 0 Å². The average Bonchev–Trinajstić information content (AvgIpc) is 2.43. The summed E-state index contributed by atoms with van der Waals surface area (Å²) in [6, 6.07) is 0. The van der Waals surface area contributed by atoms with Crippen LogP contribution in [0.15, 0.2) is 4.99 Å². The molecule has 0 spiro atoms. The predicted octanol–water partition coefficient (Wildman–Crippen LogP) is 2.03. The lowest BCUT2D eigenvalue weighted by Crippen LogP contribution is -2.40. The van der Waals surface area contributed by atoms with Gasteiger partial charge in [0.15, 0.2) is 5.96 Å². The molecule has 0 aliphatic rings. The van der Waals surface area contributed by atoms with Crippen LogP contribution in [0.4, 0.5) is 0 Å². The highest BCUT2D eigenvalue weighted by atomic mass is 16.5. The van der Waals surface area contributed by atoms with E-state index >= 15 is 0 Å². The van der Waals surface area contributed by atoms with Crippen LogP contribution in [0, 0.1) is 5.92 Å². The fourth-order valence-electron chi connectivity index (χ4n) is 1.47. The number of nitrogens with zero attached hydrogens (tertiary/aromatic N) is 1. The van der Waals surface area contributed by atoms with E-state index in [0.29, 0.717) is 19.1 Å². The highest BCUT2D eigenvalue weighted by Gasteiger charge is 1.97. The first-order valence-electron chi connectivity index (χ1n) is 7.80. The lowest BCUT2D eigenvalue weighted by molar-refractivity contribution is 0.127. The SMILES string of the molecule is CCCCOCCNC(=NC)NCCOCCC(C)C. The molecule has 5 nitrogen and oxygen atoms in total. The molecule has 0 radical (unpaired) electrons. The third-order valence-electron chi connectivity index (χ3n) is 2.78. The predicted molar refractivity (Wildman–Crippen MR) is 85.4 cm³/mol. The Labute approximate surface area is 124 Å². The number of guanidine groups is 1. The van der Waals surface area contributed by atoms with Crippen LogP contribution >= 0.6 is 0 Å². The van der Waals surface area contributed by atoms with Crippen LogP contribution < -0.4 is 10.6 Å². The van der Waals surface area contributed by atoms with Crippen LogP contribution in [0.5, 0.6) is 0 Å². The number of hydrogen-bond donors (Lipinski definition) is 2. The number of ether oxygens (including phenoxy) is 2. The fourth-order valence-corrected chi connectivity index (χ4v) is 1.47. The number of hydrogen-bond acceptors (Lipinski definition) is 3. The molecular weight excluding hydrogens is 254 g/mol. The largest absolute Gasteiger partial charge is 0.380 e. The van der Waals surface area contributed by atoms with E-state index < -0.39 is 0 Å². The average molecular weight is 287 g/mol. The van der Waals surface area contributed by atoms with Gasteiger partial charge in [-0.2, -0.15) is 0 Å². The Bertz CT molecular complexity index is 233. The van der Waals surface area contributed by atoms with E-state index in [-0.39, 0.29) is 0 Å². The quantitative estimate of drug-likeness (QED) is 0.328. The number of nitrogens with one attached hydrogen (secondary N) is 2. The standard InChI is InChI=1S/C15H33N3O2/c1-5-6-10-19-12-8-17-15(16-4)18-9-13-20-11-7-14(2)3/h14H,5-13H2,1-4H3,(H2,16,17,18). The number of unbranched alkanes of at least 4 members (excludes halogenated alkanes) is 1. The highest BCUT2D eigenvalue weighted by molar-refractivity contribution is 5.79. The topological polar surface area (TPSA) is 54.9 Å². The first-order chi connectivity index (χ1) is 9.70. The molecule has 120 valence electrons. The summed E-state index contributed by atoms with van der Waals surface area (Å²) in [6.07, 6.45) is 3.41. The molecule has 0 aliphatic heterocycles. The Balaban J connectivity index is 3.39. The highest BCUT2D eigenvalue weighted by Crippen LogP contribution is 1.98. The minimum absolute atomic E-state index is 0.699. The van der Waals surface area contributed by atoms with Crippen molar-refractivity contribution in [1.29, 1.82) is 0 Å². The normalized spacial score (nSPS) is 11.9. The molecule has 0 saturated carbocycles. The first kappa shape index (κ1) is 19.2. The molecular formula is C15H33N3O2. The lowest BCUT2D eigenvalue weighted by atomic mass is 10.1. The van der Waals surface area contributed by atoms with E-state index in [1.165, 1.54) is 6.42 Å². The van der Waals surface area contributed by atoms with Gasteiger partial charge in [-0.05, 0) is 18.8 Å². The van der Waals surface area contributed by atoms with Crippen molar-refractivity contribution < 1.29 is 9.47 Å². The molecule has 20 heavy (non-hydrogen) atoms. The Kier molecular flexibility index (Phi) is 14.0. The van der Waals surface area contributed by atoms with Gasteiger partial charge in [0.25, 0.3) is 0 Å². The van der Waals surface area contributed by atoms with Crippen molar-refractivity contribution >= 4 is 5.96 Å². The molecule has 0 aromatic carbocycles. The smallest absolute Gasteiger partial charge is 0.191 e. The van der Waals surface area contributed by atoms with Crippen molar-refractivity contribution in [3.05, 3.63) is 0 Å². The Morgan fingerprint density at radius 1 is 1.00 bits per heavy atom. The minimum Gasteiger partial charge on any atom is -0.380 e. The molecule has 0 fully saturated rings. The second-order valence-electron chi connectivity index (χ2n) is 5.19. The third kappa shape index (κ3) is 13.6. The molecule has 0 aromatic heterocycles. The van der Waals surface area contributed by atoms with E-state index in [1.807, 2.05) is 0 Å². The zero-order valence-electron chi connectivity index (χ0n) is 13.7. The molecule has 2 N–H and O–H groups in total. The Morgan fingerprint density at radius 2 is 1.60 bits per heavy atom. The summed E-state index contributed by atoms with van der Waals surface area (Å²) in [5, 5.41) is 6.43. The number of aliphatic imine (C=N–C) groups is 1. The van der Waals surface area contributed by atoms with Gasteiger partial charge in [-0.25, -0.2) is 0 Å². The fraction of sp³-hybridized carbons (Fsp3) is 0.933. The molecule has 0 bridgehead atoms. The zero-order chi connectivity index (χ0) is 15.1. The van der Waals surface area contributed by atoms with Gasteiger partial charge in [-0.1, -0.05) is 27.2 Å². The Morgan fingerprint density at radius 3 is 2.10 bits per heavy atom. The number of rotatable bonds is 12. The summed E-state index contributed by atoms with van der Waals surface area (Å²) in [4.78, 5) is 4.15. The minimum atomic E-state index is 0.699. The summed E-state index contributed by atoms with van der Waals surface area (Å²) in [5.74, 6) is 1.50. The van der Waals surface area contributed by atoms with E-state index in [1.54, 1.807) is 7.05 Å². The second-order valence-corrected chi connectivity index (χ2v) is 5.19. The van der Waals surface area contributed by atoms with Gasteiger partial charge in [-0.15, -0.1) is 0 Å². The molecule has 0 saturated heterocycles. The first-order valence-corrected chi connectivity index (χ1v) is 7.80. The maximum Gasteiger partial charge on any atom is 0.191 e. The zero-order valence-corrected chi connectivity index (χ0v) is 13.7. The van der Waals surface area contributed by atoms with E-state index in [2.05, 4.69) is 36.4 Å². The summed E-state index contributed by atoms with van der Waals surface area (Å²) < 4.78 is 11.0. The lowest BCUT2D eigenvalue weighted by Gasteiger charge is -2.12. The molecule has 0 rings (SSSR count). The maximum absolute atomic E-state index is 5.54. The van der Waals surface area contributed by atoms with E-state index in [0.717, 1.165) is 45.1 Å². The Hall–Kier alpha value is -0.810. The van der Waals surface area contributed by atoms with E-state index in [4.69, 9.17) is 9.47 Å². The van der Waals surface area contributed by atoms with Gasteiger partial charge < -0.3 is 20.1 Å². The van der Waals surface area contributed by atoms with Crippen LogP contribution in [0.2, 0.25) is 0 Å². The van der Waals surface area contributed by atoms with Crippen LogP contribution in [0.3, 0.4) is 0 Å². The molecule has 0 amide bonds. The van der Waals surface area contributed by atoms with Crippen LogP contribution in [0.1, 0.15) is 40.0 Å². The molecule has 0 aromatic rings. The summed E-state index contributed by atoms with van der Waals surface area (Å²) in [7, 11) is 1.77. The van der Waals surface area contributed by atoms with Gasteiger partial charge in [0.1, 0.15) is 0 Å².